The molecule has 2 rings (SSSR count). The number of carbonyl (C=O) groups is 1. The molecule has 104 valence electrons. The molecule has 19 heavy (non-hydrogen) atoms. The second-order valence-electron chi connectivity index (χ2n) is 5.78. The van der Waals surface area contributed by atoms with Crippen LogP contribution in [0.1, 0.15) is 45.1 Å². The molecular formula is C16H24N2O. The van der Waals surface area contributed by atoms with Crippen LogP contribution in [0, 0.1) is 5.92 Å². The minimum atomic E-state index is -0.0611. The first-order valence-electron chi connectivity index (χ1n) is 7.22. The summed E-state index contributed by atoms with van der Waals surface area (Å²) in [6, 6.07) is 8.00. The van der Waals surface area contributed by atoms with E-state index in [9.17, 15) is 4.79 Å². The van der Waals surface area contributed by atoms with Gasteiger partial charge in [-0.25, -0.2) is 0 Å². The Balaban J connectivity index is 2.10. The standard InChI is InChI=1S/C16H24N2O/c1-11(2)13-8-4-5-9-14(13)18-16(19)15-12(3)7-6-10-17-15/h4-5,8-9,11-12,15,17H,6-7,10H2,1-3H3,(H,18,19). The summed E-state index contributed by atoms with van der Waals surface area (Å²) in [6.45, 7) is 7.37. The van der Waals surface area contributed by atoms with Crippen LogP contribution in [0.2, 0.25) is 0 Å². The topological polar surface area (TPSA) is 41.1 Å². The lowest BCUT2D eigenvalue weighted by Crippen LogP contribution is -2.48. The van der Waals surface area contributed by atoms with Gasteiger partial charge in [0.1, 0.15) is 0 Å². The van der Waals surface area contributed by atoms with Crippen LogP contribution in [0.15, 0.2) is 24.3 Å². The summed E-state index contributed by atoms with van der Waals surface area (Å²) >= 11 is 0. The van der Waals surface area contributed by atoms with E-state index in [1.807, 2.05) is 18.2 Å². The number of hydrogen-bond donors (Lipinski definition) is 2. The van der Waals surface area contributed by atoms with Crippen molar-refractivity contribution in [1.82, 2.24) is 5.32 Å². The summed E-state index contributed by atoms with van der Waals surface area (Å²) in [5.74, 6) is 0.911. The van der Waals surface area contributed by atoms with Crippen molar-refractivity contribution in [3.63, 3.8) is 0 Å². The Morgan fingerprint density at radius 1 is 1.37 bits per heavy atom. The third kappa shape index (κ3) is 3.35. The van der Waals surface area contributed by atoms with Gasteiger partial charge >= 0.3 is 0 Å². The SMILES string of the molecule is CC(C)c1ccccc1NC(=O)C1NCCCC1C. The van der Waals surface area contributed by atoms with E-state index in [0.29, 0.717) is 11.8 Å². The molecule has 0 aliphatic carbocycles. The van der Waals surface area contributed by atoms with Crippen molar-refractivity contribution in [3.05, 3.63) is 29.8 Å². The summed E-state index contributed by atoms with van der Waals surface area (Å²) in [6.07, 6.45) is 2.28. The Hall–Kier alpha value is -1.35. The van der Waals surface area contributed by atoms with Crippen LogP contribution in [0.25, 0.3) is 0 Å². The van der Waals surface area contributed by atoms with Crippen LogP contribution in [0.5, 0.6) is 0 Å². The van der Waals surface area contributed by atoms with Crippen molar-refractivity contribution in [3.8, 4) is 0 Å². The van der Waals surface area contributed by atoms with Crippen LogP contribution in [-0.4, -0.2) is 18.5 Å². The number of hydrogen-bond acceptors (Lipinski definition) is 2. The highest BCUT2D eigenvalue weighted by molar-refractivity contribution is 5.95. The Morgan fingerprint density at radius 3 is 2.79 bits per heavy atom. The largest absolute Gasteiger partial charge is 0.324 e. The predicted octanol–water partition coefficient (Wildman–Crippen LogP) is 3.14. The highest BCUT2D eigenvalue weighted by Gasteiger charge is 2.27. The number of carbonyl (C=O) groups excluding carboxylic acids is 1. The van der Waals surface area contributed by atoms with Crippen LogP contribution in [-0.2, 0) is 4.79 Å². The maximum atomic E-state index is 12.4. The molecule has 3 nitrogen and oxygen atoms in total. The average Bonchev–Trinajstić information content (AvgIpc) is 2.39. The van der Waals surface area contributed by atoms with E-state index in [2.05, 4.69) is 37.5 Å². The average molecular weight is 260 g/mol. The molecule has 1 aromatic carbocycles. The molecule has 1 aliphatic rings. The second-order valence-corrected chi connectivity index (χ2v) is 5.78. The fourth-order valence-electron chi connectivity index (χ4n) is 2.73. The molecule has 1 amide bonds. The smallest absolute Gasteiger partial charge is 0.241 e. The molecule has 0 aromatic heterocycles. The van der Waals surface area contributed by atoms with Crippen molar-refractivity contribution in [2.24, 2.45) is 5.92 Å². The number of piperidine rings is 1. The molecule has 3 heteroatoms. The van der Waals surface area contributed by atoms with Gasteiger partial charge in [-0.3, -0.25) is 4.79 Å². The molecule has 2 atom stereocenters. The molecule has 0 spiro atoms. The maximum Gasteiger partial charge on any atom is 0.241 e. The van der Waals surface area contributed by atoms with E-state index < -0.39 is 0 Å². The Morgan fingerprint density at radius 2 is 2.11 bits per heavy atom. The minimum Gasteiger partial charge on any atom is -0.324 e. The quantitative estimate of drug-likeness (QED) is 0.876. The van der Waals surface area contributed by atoms with Crippen molar-refractivity contribution < 1.29 is 4.79 Å². The molecule has 1 aromatic rings. The Labute approximate surface area is 115 Å². The summed E-state index contributed by atoms with van der Waals surface area (Å²) in [4.78, 5) is 12.4. The van der Waals surface area contributed by atoms with Gasteiger partial charge in [0.2, 0.25) is 5.91 Å². The molecule has 1 saturated heterocycles. The molecule has 1 fully saturated rings. The van der Waals surface area contributed by atoms with E-state index in [1.54, 1.807) is 0 Å². The number of amides is 1. The fraction of sp³-hybridized carbons (Fsp3) is 0.562. The predicted molar refractivity (Wildman–Crippen MR) is 79.3 cm³/mol. The van der Waals surface area contributed by atoms with Gasteiger partial charge in [-0.15, -0.1) is 0 Å². The van der Waals surface area contributed by atoms with Crippen molar-refractivity contribution in [1.29, 1.82) is 0 Å². The second kappa shape index (κ2) is 6.20. The monoisotopic (exact) mass is 260 g/mol. The lowest BCUT2D eigenvalue weighted by molar-refractivity contribution is -0.119. The van der Waals surface area contributed by atoms with Crippen LogP contribution in [0.3, 0.4) is 0 Å². The minimum absolute atomic E-state index is 0.0611. The number of anilines is 1. The lowest BCUT2D eigenvalue weighted by Gasteiger charge is -2.29. The maximum absolute atomic E-state index is 12.4. The fourth-order valence-corrected chi connectivity index (χ4v) is 2.73. The zero-order chi connectivity index (χ0) is 13.8. The van der Waals surface area contributed by atoms with Gasteiger partial charge in [0.25, 0.3) is 0 Å². The first-order valence-corrected chi connectivity index (χ1v) is 7.22. The van der Waals surface area contributed by atoms with E-state index in [0.717, 1.165) is 25.1 Å². The molecule has 0 saturated carbocycles. The van der Waals surface area contributed by atoms with Gasteiger partial charge < -0.3 is 10.6 Å². The zero-order valence-corrected chi connectivity index (χ0v) is 12.1. The number of benzene rings is 1. The highest BCUT2D eigenvalue weighted by Crippen LogP contribution is 2.25. The van der Waals surface area contributed by atoms with E-state index >= 15 is 0 Å². The molecule has 2 N–H and O–H groups in total. The van der Waals surface area contributed by atoms with Gasteiger partial charge in [-0.05, 0) is 42.9 Å². The summed E-state index contributed by atoms with van der Waals surface area (Å²) in [5, 5.41) is 6.42. The number of para-hydroxylation sites is 1. The molecule has 0 bridgehead atoms. The molecule has 2 unspecified atom stereocenters. The van der Waals surface area contributed by atoms with E-state index in [4.69, 9.17) is 0 Å². The van der Waals surface area contributed by atoms with Crippen LogP contribution >= 0.6 is 0 Å². The van der Waals surface area contributed by atoms with Crippen LogP contribution < -0.4 is 10.6 Å². The normalized spacial score (nSPS) is 23.4. The number of rotatable bonds is 3. The van der Waals surface area contributed by atoms with Gasteiger partial charge in [0.15, 0.2) is 0 Å². The van der Waals surface area contributed by atoms with Gasteiger partial charge in [0.05, 0.1) is 6.04 Å². The molecular weight excluding hydrogens is 236 g/mol. The zero-order valence-electron chi connectivity index (χ0n) is 12.1. The Bertz CT molecular complexity index is 442. The summed E-state index contributed by atoms with van der Waals surface area (Å²) < 4.78 is 0. The van der Waals surface area contributed by atoms with Gasteiger partial charge in [0, 0.05) is 5.69 Å². The van der Waals surface area contributed by atoms with E-state index in [-0.39, 0.29) is 11.9 Å². The van der Waals surface area contributed by atoms with Crippen molar-refractivity contribution >= 4 is 11.6 Å². The third-order valence-corrected chi connectivity index (χ3v) is 3.89. The van der Waals surface area contributed by atoms with Crippen LogP contribution in [0.4, 0.5) is 5.69 Å². The number of nitrogens with one attached hydrogen (secondary N) is 2. The molecule has 1 aliphatic heterocycles. The molecule has 1 heterocycles. The van der Waals surface area contributed by atoms with Gasteiger partial charge in [-0.2, -0.15) is 0 Å². The Kier molecular flexibility index (Phi) is 4.59. The third-order valence-electron chi connectivity index (χ3n) is 3.89. The van der Waals surface area contributed by atoms with Crippen molar-refractivity contribution in [2.75, 3.05) is 11.9 Å². The first-order chi connectivity index (χ1) is 9.09. The summed E-state index contributed by atoms with van der Waals surface area (Å²) in [7, 11) is 0. The first kappa shape index (κ1) is 14.1. The molecule has 0 radical (unpaired) electrons. The van der Waals surface area contributed by atoms with Gasteiger partial charge in [-0.1, -0.05) is 39.0 Å². The van der Waals surface area contributed by atoms with Crippen molar-refractivity contribution in [2.45, 2.75) is 45.6 Å². The van der Waals surface area contributed by atoms with E-state index in [1.165, 1.54) is 5.56 Å². The lowest BCUT2D eigenvalue weighted by atomic mass is 9.92. The summed E-state index contributed by atoms with van der Waals surface area (Å²) in [5.41, 5.74) is 2.14. The highest BCUT2D eigenvalue weighted by atomic mass is 16.2.